The van der Waals surface area contributed by atoms with E-state index in [1.807, 2.05) is 0 Å². The molecule has 0 aliphatic heterocycles. The van der Waals surface area contributed by atoms with Gasteiger partial charge in [0.2, 0.25) is 10.0 Å². The van der Waals surface area contributed by atoms with Gasteiger partial charge in [-0.05, 0) is 31.2 Å². The van der Waals surface area contributed by atoms with Crippen LogP contribution >= 0.6 is 11.6 Å². The lowest BCUT2D eigenvalue weighted by atomic mass is 10.2. The van der Waals surface area contributed by atoms with E-state index in [9.17, 15) is 18.0 Å². The average molecular weight is 398 g/mol. The number of nitrogens with zero attached hydrogens (tertiary/aromatic N) is 1. The largest absolute Gasteiger partial charge is 0.356 e. The van der Waals surface area contributed by atoms with Crippen molar-refractivity contribution in [2.45, 2.75) is 25.7 Å². The quantitative estimate of drug-likeness (QED) is 0.701. The van der Waals surface area contributed by atoms with Crippen molar-refractivity contribution < 1.29 is 18.0 Å². The lowest BCUT2D eigenvalue weighted by molar-refractivity contribution is 0.101. The van der Waals surface area contributed by atoms with Crippen molar-refractivity contribution in [1.82, 2.24) is 9.29 Å². The van der Waals surface area contributed by atoms with Crippen LogP contribution < -0.4 is 5.32 Å². The molecular weight excluding hydrogens is 378 g/mol. The number of hydrogen-bond donors (Lipinski definition) is 2. The molecule has 0 bridgehead atoms. The number of H-pyrrole nitrogens is 1. The molecule has 1 amide bonds. The second kappa shape index (κ2) is 8.03. The molecule has 0 radical (unpaired) electrons. The first-order valence-electron chi connectivity index (χ1n) is 8.01. The van der Waals surface area contributed by atoms with Crippen molar-refractivity contribution in [2.75, 3.05) is 18.4 Å². The second-order valence-corrected chi connectivity index (χ2v) is 7.86. The van der Waals surface area contributed by atoms with Crippen molar-refractivity contribution >= 4 is 39.0 Å². The third-order valence-corrected chi connectivity index (χ3v) is 6.38. The molecule has 1 aromatic carbocycles. The van der Waals surface area contributed by atoms with E-state index >= 15 is 0 Å². The molecule has 2 N–H and O–H groups in total. The summed E-state index contributed by atoms with van der Waals surface area (Å²) in [6.45, 7) is 5.48. The predicted octanol–water partition coefficient (Wildman–Crippen LogP) is 3.15. The zero-order valence-electron chi connectivity index (χ0n) is 14.7. The van der Waals surface area contributed by atoms with Gasteiger partial charge in [-0.1, -0.05) is 25.4 Å². The summed E-state index contributed by atoms with van der Waals surface area (Å²) >= 11 is 6.07. The molecule has 0 spiro atoms. The van der Waals surface area contributed by atoms with E-state index in [4.69, 9.17) is 11.6 Å². The van der Waals surface area contributed by atoms with Crippen LogP contribution in [0.5, 0.6) is 0 Å². The van der Waals surface area contributed by atoms with E-state index in [0.29, 0.717) is 18.7 Å². The van der Waals surface area contributed by atoms with Crippen LogP contribution in [0.1, 0.15) is 41.6 Å². The number of carbonyl (C=O) groups is 2. The van der Waals surface area contributed by atoms with Gasteiger partial charge in [0.05, 0.1) is 5.02 Å². The molecule has 9 heteroatoms. The van der Waals surface area contributed by atoms with E-state index in [2.05, 4.69) is 10.3 Å². The molecule has 1 aromatic heterocycles. The summed E-state index contributed by atoms with van der Waals surface area (Å²) in [4.78, 5) is 26.3. The highest BCUT2D eigenvalue weighted by atomic mass is 35.5. The molecule has 140 valence electrons. The third-order valence-electron chi connectivity index (χ3n) is 3.85. The zero-order valence-corrected chi connectivity index (χ0v) is 16.2. The Hall–Kier alpha value is -2.16. The molecular formula is C17H20ClN3O4S. The third kappa shape index (κ3) is 4.14. The molecule has 0 unspecified atom stereocenters. The number of aromatic amines is 1. The Balaban J connectivity index is 2.31. The molecule has 0 fully saturated rings. The van der Waals surface area contributed by atoms with E-state index in [0.717, 1.165) is 0 Å². The molecule has 0 atom stereocenters. The van der Waals surface area contributed by atoms with E-state index in [1.165, 1.54) is 41.7 Å². The van der Waals surface area contributed by atoms with Gasteiger partial charge in [-0.25, -0.2) is 8.42 Å². The molecule has 2 aromatic rings. The molecule has 0 saturated carbocycles. The summed E-state index contributed by atoms with van der Waals surface area (Å²) in [6, 6.07) is 5.68. The maximum Gasteiger partial charge on any atom is 0.272 e. The van der Waals surface area contributed by atoms with Crippen LogP contribution in [0, 0.1) is 0 Å². The van der Waals surface area contributed by atoms with Crippen molar-refractivity contribution in [3.05, 3.63) is 46.7 Å². The minimum atomic E-state index is -3.76. The maximum atomic E-state index is 12.7. The van der Waals surface area contributed by atoms with Crippen LogP contribution in [0.4, 0.5) is 5.69 Å². The van der Waals surface area contributed by atoms with Crippen molar-refractivity contribution in [1.29, 1.82) is 0 Å². The summed E-state index contributed by atoms with van der Waals surface area (Å²) in [5.74, 6) is -0.662. The lowest BCUT2D eigenvalue weighted by Crippen LogP contribution is -2.30. The van der Waals surface area contributed by atoms with Crippen molar-refractivity contribution in [3.63, 3.8) is 0 Å². The van der Waals surface area contributed by atoms with Gasteiger partial charge in [-0.15, -0.1) is 0 Å². The number of Topliss-reactive ketones (excluding diaryl/α,β-unsaturated/α-hetero) is 1. The molecule has 26 heavy (non-hydrogen) atoms. The Labute approximate surface area is 157 Å². The molecule has 1 heterocycles. The van der Waals surface area contributed by atoms with Gasteiger partial charge < -0.3 is 10.3 Å². The first-order chi connectivity index (χ1) is 12.2. The Morgan fingerprint density at radius 2 is 1.85 bits per heavy atom. The van der Waals surface area contributed by atoms with Crippen LogP contribution in [0.3, 0.4) is 0 Å². The number of hydrogen-bond acceptors (Lipinski definition) is 4. The maximum absolute atomic E-state index is 12.7. The van der Waals surface area contributed by atoms with Crippen LogP contribution in [0.25, 0.3) is 0 Å². The molecule has 2 rings (SSSR count). The van der Waals surface area contributed by atoms with Crippen LogP contribution in [-0.4, -0.2) is 42.5 Å². The Kier molecular flexibility index (Phi) is 6.22. The number of rotatable bonds is 7. The van der Waals surface area contributed by atoms with Crippen LogP contribution in [-0.2, 0) is 10.0 Å². The predicted molar refractivity (Wildman–Crippen MR) is 100 cm³/mol. The topological polar surface area (TPSA) is 99.3 Å². The highest BCUT2D eigenvalue weighted by molar-refractivity contribution is 7.89. The van der Waals surface area contributed by atoms with Gasteiger partial charge in [-0.3, -0.25) is 9.59 Å². The number of ketones is 1. The number of nitrogens with one attached hydrogen (secondary N) is 2. The second-order valence-electron chi connectivity index (χ2n) is 5.55. The minimum absolute atomic E-state index is 0.0726. The number of halogens is 1. The van der Waals surface area contributed by atoms with E-state index < -0.39 is 15.9 Å². The van der Waals surface area contributed by atoms with Gasteiger partial charge in [0, 0.05) is 30.5 Å². The minimum Gasteiger partial charge on any atom is -0.356 e. The number of sulfonamides is 1. The van der Waals surface area contributed by atoms with Gasteiger partial charge >= 0.3 is 0 Å². The molecule has 7 nitrogen and oxygen atoms in total. The highest BCUT2D eigenvalue weighted by Crippen LogP contribution is 2.28. The monoisotopic (exact) mass is 397 g/mol. The summed E-state index contributed by atoms with van der Waals surface area (Å²) in [5.41, 5.74) is 0.860. The SMILES string of the molecule is CCN(CC)S(=O)(=O)c1cc(NC(=O)c2cc(C(C)=O)c[nH]2)ccc1Cl. The fourth-order valence-corrected chi connectivity index (χ4v) is 4.37. The smallest absolute Gasteiger partial charge is 0.272 e. The molecule has 0 aliphatic rings. The van der Waals surface area contributed by atoms with E-state index in [-0.39, 0.29) is 27.1 Å². The van der Waals surface area contributed by atoms with E-state index in [1.54, 1.807) is 13.8 Å². The molecule has 0 saturated heterocycles. The number of amides is 1. The van der Waals surface area contributed by atoms with Gasteiger partial charge in [0.15, 0.2) is 5.78 Å². The normalized spacial score (nSPS) is 11.6. The summed E-state index contributed by atoms with van der Waals surface area (Å²) < 4.78 is 26.7. The van der Waals surface area contributed by atoms with Gasteiger partial charge in [-0.2, -0.15) is 4.31 Å². The summed E-state index contributed by atoms with van der Waals surface area (Å²) in [5, 5.41) is 2.68. The number of carbonyl (C=O) groups excluding carboxylic acids is 2. The van der Waals surface area contributed by atoms with Gasteiger partial charge in [0.1, 0.15) is 10.6 Å². The zero-order chi connectivity index (χ0) is 19.5. The first kappa shape index (κ1) is 20.2. The molecule has 0 aliphatic carbocycles. The summed E-state index contributed by atoms with van der Waals surface area (Å²) in [7, 11) is -3.76. The van der Waals surface area contributed by atoms with Crippen molar-refractivity contribution in [2.24, 2.45) is 0 Å². The van der Waals surface area contributed by atoms with Gasteiger partial charge in [0.25, 0.3) is 5.91 Å². The standard InChI is InChI=1S/C17H20ClN3O4S/c1-4-21(5-2)26(24,25)16-9-13(6-7-14(16)18)20-17(23)15-8-12(10-19-15)11(3)22/h6-10,19H,4-5H2,1-3H3,(H,20,23). The Morgan fingerprint density at radius 3 is 2.38 bits per heavy atom. The Morgan fingerprint density at radius 1 is 1.19 bits per heavy atom. The summed E-state index contributed by atoms with van der Waals surface area (Å²) in [6.07, 6.45) is 1.44. The Bertz CT molecular complexity index is 933. The number of aromatic nitrogens is 1. The fourth-order valence-electron chi connectivity index (χ4n) is 2.41. The van der Waals surface area contributed by atoms with Crippen LogP contribution in [0.2, 0.25) is 5.02 Å². The van der Waals surface area contributed by atoms with Crippen molar-refractivity contribution in [3.8, 4) is 0 Å². The number of anilines is 1. The first-order valence-corrected chi connectivity index (χ1v) is 9.82. The average Bonchev–Trinajstić information content (AvgIpc) is 3.07. The lowest BCUT2D eigenvalue weighted by Gasteiger charge is -2.19. The number of benzene rings is 1. The fraction of sp³-hybridized carbons (Fsp3) is 0.294. The highest BCUT2D eigenvalue weighted by Gasteiger charge is 2.25. The van der Waals surface area contributed by atoms with Crippen LogP contribution in [0.15, 0.2) is 35.4 Å².